The van der Waals surface area contributed by atoms with E-state index in [0.29, 0.717) is 34.0 Å². The zero-order valence-electron chi connectivity index (χ0n) is 23.4. The summed E-state index contributed by atoms with van der Waals surface area (Å²) in [5.74, 6) is 0.0827. The summed E-state index contributed by atoms with van der Waals surface area (Å²) < 4.78 is 29.6. The van der Waals surface area contributed by atoms with Crippen LogP contribution in [0.2, 0.25) is 5.02 Å². The lowest BCUT2D eigenvalue weighted by molar-refractivity contribution is 0.0992. The maximum atomic E-state index is 12.8. The molecule has 0 spiro atoms. The molecule has 1 atom stereocenters. The summed E-state index contributed by atoms with van der Waals surface area (Å²) >= 11 is 3.82. The van der Waals surface area contributed by atoms with Crippen molar-refractivity contribution in [3.8, 4) is 5.75 Å². The van der Waals surface area contributed by atoms with E-state index in [1.54, 1.807) is 48.5 Å². The number of anilines is 4. The number of rotatable bonds is 10. The van der Waals surface area contributed by atoms with E-state index in [9.17, 15) is 13.6 Å². The first kappa shape index (κ1) is 30.2. The Labute approximate surface area is 255 Å². The molecule has 1 fully saturated rings. The number of fused-ring (bicyclic) bond motifs is 1. The molecule has 0 saturated carbocycles. The highest BCUT2D eigenvalue weighted by Crippen LogP contribution is 2.36. The number of carbonyl (C=O) groups excluding carboxylic acids is 1. The van der Waals surface area contributed by atoms with Crippen LogP contribution in [0.5, 0.6) is 5.75 Å². The second-order valence-corrected chi connectivity index (χ2v) is 10.9. The highest BCUT2D eigenvalue weighted by atomic mass is 35.5. The molecular formula is C29H30ClN8O4S+. The average Bonchev–Trinajstić information content (AvgIpc) is 3.02. The van der Waals surface area contributed by atoms with Gasteiger partial charge in [-0.3, -0.25) is 9.35 Å². The van der Waals surface area contributed by atoms with Crippen molar-refractivity contribution in [2.24, 2.45) is 10.2 Å². The summed E-state index contributed by atoms with van der Waals surface area (Å²) in [4.78, 5) is 28.2. The molecule has 1 aromatic heterocycles. The van der Waals surface area contributed by atoms with Crippen molar-refractivity contribution in [1.82, 2.24) is 19.8 Å². The van der Waals surface area contributed by atoms with Crippen molar-refractivity contribution in [3.05, 3.63) is 77.3 Å². The third kappa shape index (κ3) is 7.58. The van der Waals surface area contributed by atoms with Crippen LogP contribution >= 0.6 is 11.6 Å². The molecule has 1 amide bonds. The van der Waals surface area contributed by atoms with Gasteiger partial charge in [-0.05, 0) is 68.4 Å². The summed E-state index contributed by atoms with van der Waals surface area (Å²) in [5.41, 5.74) is 1.84. The van der Waals surface area contributed by atoms with Crippen LogP contribution in [0.1, 0.15) is 29.6 Å². The molecule has 12 nitrogen and oxygen atoms in total. The summed E-state index contributed by atoms with van der Waals surface area (Å²) in [7, 11) is 1.53. The van der Waals surface area contributed by atoms with Gasteiger partial charge in [-0.2, -0.15) is 0 Å². The number of hydrogen-bond donors (Lipinski definition) is 2. The zero-order chi connectivity index (χ0) is 30.2. The smallest absolute Gasteiger partial charge is 0.360 e. The molecule has 4 aromatic rings. The molecule has 2 N–H and O–H groups in total. The number of aromatic nitrogens is 2. The average molecular weight is 622 g/mol. The van der Waals surface area contributed by atoms with Gasteiger partial charge in [-0.15, -0.1) is 0 Å². The number of carbonyl (C=O) groups is 1. The van der Waals surface area contributed by atoms with Crippen LogP contribution in [-0.4, -0.2) is 62.8 Å². The fourth-order valence-corrected chi connectivity index (χ4v) is 5.40. The number of piperidine rings is 1. The van der Waals surface area contributed by atoms with Gasteiger partial charge in [0.25, 0.3) is 11.3 Å². The number of para-hydroxylation sites is 2. The number of likely N-dealkylation sites (tertiary alicyclic amines) is 1. The maximum Gasteiger partial charge on any atom is 0.360 e. The number of methoxy groups -OCH3 is 1. The van der Waals surface area contributed by atoms with Gasteiger partial charge in [0.05, 0.1) is 40.1 Å². The summed E-state index contributed by atoms with van der Waals surface area (Å²) in [6.45, 7) is 3.31. The van der Waals surface area contributed by atoms with Crippen LogP contribution in [0.25, 0.3) is 11.0 Å². The minimum atomic E-state index is -2.62. The monoisotopic (exact) mass is 621 g/mol. The van der Waals surface area contributed by atoms with E-state index >= 15 is 0 Å². The fraction of sp³-hybridized carbons (Fsp3) is 0.276. The Balaban J connectivity index is 1.45. The summed E-state index contributed by atoms with van der Waals surface area (Å²) in [6, 6.07) is 18.3. The highest BCUT2D eigenvalue weighted by Gasteiger charge is 2.25. The van der Waals surface area contributed by atoms with Gasteiger partial charge >= 0.3 is 5.91 Å². The van der Waals surface area contributed by atoms with E-state index in [1.165, 1.54) is 38.5 Å². The third-order valence-corrected chi connectivity index (χ3v) is 7.84. The fourth-order valence-electron chi connectivity index (χ4n) is 4.67. The van der Waals surface area contributed by atoms with Crippen LogP contribution in [0.4, 0.5) is 23.0 Å². The Bertz CT molecular complexity index is 1710. The third-order valence-electron chi connectivity index (χ3n) is 6.82. The molecule has 0 radical (unpaired) electrons. The Hall–Kier alpha value is -4.26. The van der Waals surface area contributed by atoms with Crippen molar-refractivity contribution < 1.29 is 18.3 Å². The van der Waals surface area contributed by atoms with E-state index in [1.807, 2.05) is 6.07 Å². The van der Waals surface area contributed by atoms with Crippen LogP contribution in [0, 0.1) is 0 Å². The molecular weight excluding hydrogens is 592 g/mol. The topological polar surface area (TPSA) is 147 Å². The van der Waals surface area contributed by atoms with E-state index in [2.05, 4.69) is 35.3 Å². The first-order valence-corrected chi connectivity index (χ1v) is 15.1. The molecule has 1 aliphatic rings. The van der Waals surface area contributed by atoms with Crippen molar-refractivity contribution in [2.75, 3.05) is 42.9 Å². The number of hydrogen-bond acceptors (Lipinski definition) is 8. The number of ether oxygens (including phenoxy) is 1. The Morgan fingerprint density at radius 2 is 1.86 bits per heavy atom. The molecule has 5 rings (SSSR count). The number of amides is 1. The van der Waals surface area contributed by atoms with Gasteiger partial charge in [0, 0.05) is 12.6 Å². The first-order chi connectivity index (χ1) is 20.9. The van der Waals surface area contributed by atoms with Crippen molar-refractivity contribution in [1.29, 1.82) is 0 Å². The van der Waals surface area contributed by atoms with Gasteiger partial charge < -0.3 is 15.0 Å². The van der Waals surface area contributed by atoms with Crippen LogP contribution < -0.4 is 19.3 Å². The molecule has 0 bridgehead atoms. The van der Waals surface area contributed by atoms with Crippen LogP contribution in [0.3, 0.4) is 0 Å². The lowest BCUT2D eigenvalue weighted by Gasteiger charge is -2.24. The minimum absolute atomic E-state index is 0.0253. The molecule has 1 saturated heterocycles. The van der Waals surface area contributed by atoms with Gasteiger partial charge in [0.1, 0.15) is 17.4 Å². The second kappa shape index (κ2) is 14.3. The number of nitrogens with zero attached hydrogens (tertiary/aromatic N) is 7. The highest BCUT2D eigenvalue weighted by molar-refractivity contribution is 7.81. The van der Waals surface area contributed by atoms with Crippen molar-refractivity contribution >= 4 is 62.8 Å². The van der Waals surface area contributed by atoms with E-state index in [-0.39, 0.29) is 22.9 Å². The molecule has 0 aliphatic carbocycles. The SMILES string of the molecule is COc1ccc(Cl)c(Nc2nc3ccccc3nc2N(c2cccc(C(=O)N=[N+]=NCCN3CCCCC3)c2)S(=O)O)c1. The van der Waals surface area contributed by atoms with E-state index in [4.69, 9.17) is 16.3 Å². The van der Waals surface area contributed by atoms with Gasteiger partial charge in [0.15, 0.2) is 11.6 Å². The van der Waals surface area contributed by atoms with Crippen molar-refractivity contribution in [2.45, 2.75) is 19.3 Å². The molecule has 3 aromatic carbocycles. The number of nitrogens with one attached hydrogen (secondary N) is 1. The molecule has 43 heavy (non-hydrogen) atoms. The van der Waals surface area contributed by atoms with Gasteiger partial charge in [0.2, 0.25) is 10.0 Å². The first-order valence-electron chi connectivity index (χ1n) is 13.7. The predicted octanol–water partition coefficient (Wildman–Crippen LogP) is 5.91. The number of halogens is 1. The molecule has 14 heteroatoms. The molecule has 2 heterocycles. The Morgan fingerprint density at radius 1 is 1.09 bits per heavy atom. The van der Waals surface area contributed by atoms with E-state index < -0.39 is 17.2 Å². The quantitative estimate of drug-likeness (QED) is 0.126. The van der Waals surface area contributed by atoms with Crippen LogP contribution in [-0.2, 0) is 11.3 Å². The Morgan fingerprint density at radius 3 is 2.60 bits per heavy atom. The van der Waals surface area contributed by atoms with Gasteiger partial charge in [-0.25, -0.2) is 18.5 Å². The molecule has 1 aliphatic heterocycles. The predicted molar refractivity (Wildman–Crippen MR) is 167 cm³/mol. The summed E-state index contributed by atoms with van der Waals surface area (Å²) in [5, 5.41) is 11.2. The number of benzene rings is 3. The zero-order valence-corrected chi connectivity index (χ0v) is 25.0. The summed E-state index contributed by atoms with van der Waals surface area (Å²) in [6.07, 6.45) is 3.62. The standard InChI is InChI=1S/C29H29ClN8O4S/c1-42-22-12-13-23(30)26(19-22)33-27-28(34-25-11-4-3-10-24(25)32-27)38(43(40)41)21-9-7-8-20(18-21)29(39)35-36-31-14-17-37-15-5-2-6-16-37/h3-4,7-13,18-19H,2,5-6,14-17H2,1H3,(H-,32,33,40,41)/p+1. The Kier molecular flexibility index (Phi) is 10.0. The van der Waals surface area contributed by atoms with Gasteiger partial charge in [-0.1, -0.05) is 36.2 Å². The van der Waals surface area contributed by atoms with E-state index in [0.717, 1.165) is 23.9 Å². The lowest BCUT2D eigenvalue weighted by Crippen LogP contribution is -2.31. The largest absolute Gasteiger partial charge is 0.497 e. The van der Waals surface area contributed by atoms with Crippen molar-refractivity contribution in [3.63, 3.8) is 0 Å². The lowest BCUT2D eigenvalue weighted by atomic mass is 10.1. The maximum absolute atomic E-state index is 12.8. The minimum Gasteiger partial charge on any atom is -0.497 e. The normalized spacial score (nSPS) is 14.0. The molecule has 1 unspecified atom stereocenters. The second-order valence-electron chi connectivity index (χ2n) is 9.69. The molecule has 222 valence electrons. The van der Waals surface area contributed by atoms with Crippen LogP contribution in [0.15, 0.2) is 77.0 Å².